The highest BCUT2D eigenvalue weighted by atomic mass is 16.5. The summed E-state index contributed by atoms with van der Waals surface area (Å²) in [6.07, 6.45) is 3.56. The summed E-state index contributed by atoms with van der Waals surface area (Å²) >= 11 is 0. The van der Waals surface area contributed by atoms with Gasteiger partial charge in [-0.2, -0.15) is 4.98 Å². The molecule has 0 aliphatic carbocycles. The van der Waals surface area contributed by atoms with E-state index in [-0.39, 0.29) is 5.41 Å². The minimum absolute atomic E-state index is 0.202. The number of hydrogen-bond acceptors (Lipinski definition) is 5. The van der Waals surface area contributed by atoms with Crippen molar-refractivity contribution in [3.05, 3.63) is 83.7 Å². The quantitative estimate of drug-likeness (QED) is 0.584. The van der Waals surface area contributed by atoms with E-state index >= 15 is 0 Å². The van der Waals surface area contributed by atoms with Crippen LogP contribution in [0.3, 0.4) is 0 Å². The van der Waals surface area contributed by atoms with Crippen LogP contribution in [0.15, 0.2) is 67.0 Å². The summed E-state index contributed by atoms with van der Waals surface area (Å²) in [5.41, 5.74) is 4.06. The first-order valence-electron chi connectivity index (χ1n) is 11.0. The third-order valence-corrected chi connectivity index (χ3v) is 5.77. The molecule has 1 aliphatic rings. The van der Waals surface area contributed by atoms with E-state index < -0.39 is 0 Å². The number of aromatic nitrogens is 2. The van der Waals surface area contributed by atoms with E-state index in [0.29, 0.717) is 12.5 Å². The third-order valence-electron chi connectivity index (χ3n) is 5.77. The number of ether oxygens (including phenoxy) is 1. The van der Waals surface area contributed by atoms with Crippen molar-refractivity contribution in [2.24, 2.45) is 0 Å². The van der Waals surface area contributed by atoms with Crippen molar-refractivity contribution in [3.63, 3.8) is 0 Å². The Morgan fingerprint density at radius 3 is 2.23 bits per heavy atom. The van der Waals surface area contributed by atoms with Crippen LogP contribution in [-0.4, -0.2) is 41.0 Å². The first-order valence-corrected chi connectivity index (χ1v) is 11.0. The summed E-state index contributed by atoms with van der Waals surface area (Å²) in [5.74, 6) is 1.65. The van der Waals surface area contributed by atoms with Gasteiger partial charge < -0.3 is 9.64 Å². The molecule has 1 saturated heterocycles. The maximum absolute atomic E-state index is 5.88. The summed E-state index contributed by atoms with van der Waals surface area (Å²) in [7, 11) is 0. The molecule has 0 unspecified atom stereocenters. The van der Waals surface area contributed by atoms with Crippen molar-refractivity contribution in [2.75, 3.05) is 31.1 Å². The molecule has 0 atom stereocenters. The normalized spacial score (nSPS) is 15.1. The van der Waals surface area contributed by atoms with Gasteiger partial charge in [-0.3, -0.25) is 9.88 Å². The second kappa shape index (κ2) is 9.48. The van der Waals surface area contributed by atoms with Crippen LogP contribution in [0.2, 0.25) is 0 Å². The number of anilines is 1. The van der Waals surface area contributed by atoms with E-state index in [0.717, 1.165) is 44.1 Å². The Balaban J connectivity index is 1.29. The zero-order chi connectivity index (χ0) is 21.7. The average molecular weight is 417 g/mol. The van der Waals surface area contributed by atoms with E-state index in [1.165, 1.54) is 11.1 Å². The van der Waals surface area contributed by atoms with Gasteiger partial charge in [0.1, 0.15) is 12.4 Å². The lowest BCUT2D eigenvalue weighted by atomic mass is 9.87. The number of pyridine rings is 2. The van der Waals surface area contributed by atoms with E-state index in [1.54, 1.807) is 12.4 Å². The van der Waals surface area contributed by atoms with Crippen molar-refractivity contribution in [1.82, 2.24) is 14.9 Å². The number of benzene rings is 1. The van der Waals surface area contributed by atoms with E-state index in [9.17, 15) is 0 Å². The second-order valence-electron chi connectivity index (χ2n) is 9.19. The van der Waals surface area contributed by atoms with Crippen molar-refractivity contribution < 1.29 is 4.74 Å². The molecule has 0 bridgehead atoms. The largest absolute Gasteiger partial charge is 0.473 e. The van der Waals surface area contributed by atoms with Gasteiger partial charge >= 0.3 is 0 Å². The van der Waals surface area contributed by atoms with Crippen LogP contribution >= 0.6 is 0 Å². The minimum Gasteiger partial charge on any atom is -0.473 e. The lowest BCUT2D eigenvalue weighted by Crippen LogP contribution is -2.46. The number of piperazine rings is 1. The lowest BCUT2D eigenvalue weighted by Gasteiger charge is -2.35. The molecule has 5 heteroatoms. The molecule has 0 spiro atoms. The number of nitrogens with zero attached hydrogens (tertiary/aromatic N) is 4. The van der Waals surface area contributed by atoms with E-state index in [1.807, 2.05) is 24.3 Å². The smallest absolute Gasteiger partial charge is 0.215 e. The molecule has 5 nitrogen and oxygen atoms in total. The molecular formula is C26H32N4O. The van der Waals surface area contributed by atoms with Gasteiger partial charge in [0.05, 0.1) is 0 Å². The number of rotatable bonds is 6. The molecule has 0 N–H and O–H groups in total. The van der Waals surface area contributed by atoms with Gasteiger partial charge in [0, 0.05) is 51.2 Å². The molecule has 1 aliphatic heterocycles. The van der Waals surface area contributed by atoms with Gasteiger partial charge in [-0.05, 0) is 40.3 Å². The Kier molecular flexibility index (Phi) is 6.52. The fraction of sp³-hybridized carbons (Fsp3) is 0.385. The average Bonchev–Trinajstić information content (AvgIpc) is 2.79. The molecule has 4 rings (SSSR count). The summed E-state index contributed by atoms with van der Waals surface area (Å²) in [4.78, 5) is 13.6. The topological polar surface area (TPSA) is 41.5 Å². The maximum atomic E-state index is 5.88. The van der Waals surface area contributed by atoms with Gasteiger partial charge in [-0.15, -0.1) is 0 Å². The standard InChI is InChI=1S/C26H32N4O/c1-26(2,3)23-9-7-21(8-10-23)19-29-15-17-30(18-16-29)24-5-4-6-25(28-24)31-20-22-11-13-27-14-12-22/h4-14H,15-20H2,1-3H3. The lowest BCUT2D eigenvalue weighted by molar-refractivity contribution is 0.248. The first-order chi connectivity index (χ1) is 15.0. The second-order valence-corrected chi connectivity index (χ2v) is 9.19. The summed E-state index contributed by atoms with van der Waals surface area (Å²) in [6.45, 7) is 12.3. The van der Waals surface area contributed by atoms with Crippen LogP contribution in [0, 0.1) is 0 Å². The molecule has 1 fully saturated rings. The van der Waals surface area contributed by atoms with Crippen LogP contribution in [0.4, 0.5) is 5.82 Å². The Morgan fingerprint density at radius 1 is 0.839 bits per heavy atom. The van der Waals surface area contributed by atoms with Crippen molar-refractivity contribution >= 4 is 5.82 Å². The zero-order valence-electron chi connectivity index (χ0n) is 18.8. The van der Waals surface area contributed by atoms with Gasteiger partial charge in [0.25, 0.3) is 0 Å². The SMILES string of the molecule is CC(C)(C)c1ccc(CN2CCN(c3cccc(OCc4ccncc4)n3)CC2)cc1. The van der Waals surface area contributed by atoms with Crippen LogP contribution in [-0.2, 0) is 18.6 Å². The molecule has 31 heavy (non-hydrogen) atoms. The molecule has 3 heterocycles. The predicted molar refractivity (Wildman–Crippen MR) is 125 cm³/mol. The molecule has 0 radical (unpaired) electrons. The summed E-state index contributed by atoms with van der Waals surface area (Å²) in [5, 5.41) is 0. The Labute approximate surface area is 185 Å². The highest BCUT2D eigenvalue weighted by Gasteiger charge is 2.19. The Hall–Kier alpha value is -2.92. The molecule has 2 aromatic heterocycles. The minimum atomic E-state index is 0.202. The number of hydrogen-bond donors (Lipinski definition) is 0. The first kappa shape index (κ1) is 21.3. The van der Waals surface area contributed by atoms with Gasteiger partial charge in [-0.25, -0.2) is 0 Å². The summed E-state index contributed by atoms with van der Waals surface area (Å²) in [6, 6.07) is 19.0. The Morgan fingerprint density at radius 2 is 1.55 bits per heavy atom. The molecule has 3 aromatic rings. The van der Waals surface area contributed by atoms with Crippen molar-refractivity contribution in [3.8, 4) is 5.88 Å². The van der Waals surface area contributed by atoms with Gasteiger partial charge in [0.15, 0.2) is 0 Å². The molecule has 162 valence electrons. The highest BCUT2D eigenvalue weighted by molar-refractivity contribution is 5.41. The highest BCUT2D eigenvalue weighted by Crippen LogP contribution is 2.23. The molecule has 0 amide bonds. The van der Waals surface area contributed by atoms with Crippen LogP contribution in [0.1, 0.15) is 37.5 Å². The molecule has 1 aromatic carbocycles. The Bertz CT molecular complexity index is 959. The fourth-order valence-corrected chi connectivity index (χ4v) is 3.80. The molecule has 0 saturated carbocycles. The summed E-state index contributed by atoms with van der Waals surface area (Å²) < 4.78 is 5.88. The monoisotopic (exact) mass is 416 g/mol. The van der Waals surface area contributed by atoms with Gasteiger partial charge in [0.2, 0.25) is 5.88 Å². The van der Waals surface area contributed by atoms with Crippen LogP contribution in [0.5, 0.6) is 5.88 Å². The van der Waals surface area contributed by atoms with Crippen LogP contribution in [0.25, 0.3) is 0 Å². The van der Waals surface area contributed by atoms with Gasteiger partial charge in [-0.1, -0.05) is 51.1 Å². The van der Waals surface area contributed by atoms with E-state index in [2.05, 4.69) is 65.9 Å². The predicted octanol–water partition coefficient (Wildman–Crippen LogP) is 4.68. The van der Waals surface area contributed by atoms with E-state index in [4.69, 9.17) is 9.72 Å². The van der Waals surface area contributed by atoms with Crippen LogP contribution < -0.4 is 9.64 Å². The zero-order valence-corrected chi connectivity index (χ0v) is 18.8. The molecular weight excluding hydrogens is 384 g/mol. The van der Waals surface area contributed by atoms with Crippen molar-refractivity contribution in [2.45, 2.75) is 39.3 Å². The third kappa shape index (κ3) is 5.82. The fourth-order valence-electron chi connectivity index (χ4n) is 3.80. The van der Waals surface area contributed by atoms with Crippen molar-refractivity contribution in [1.29, 1.82) is 0 Å². The maximum Gasteiger partial charge on any atom is 0.215 e.